The summed E-state index contributed by atoms with van der Waals surface area (Å²) in [5, 5.41) is 16.1. The van der Waals surface area contributed by atoms with Crippen molar-refractivity contribution < 1.29 is 9.90 Å². The van der Waals surface area contributed by atoms with Gasteiger partial charge >= 0.3 is 0 Å². The van der Waals surface area contributed by atoms with Crippen molar-refractivity contribution >= 4 is 27.5 Å². The van der Waals surface area contributed by atoms with E-state index in [0.717, 1.165) is 30.4 Å². The van der Waals surface area contributed by atoms with E-state index in [-0.39, 0.29) is 30.1 Å². The molecule has 180 valence electrons. The molecular weight excluding hydrogens is 460 g/mol. The Bertz CT molecular complexity index is 1370. The Morgan fingerprint density at radius 1 is 1.14 bits per heavy atom. The van der Waals surface area contributed by atoms with Gasteiger partial charge in [-0.15, -0.1) is 11.3 Å². The van der Waals surface area contributed by atoms with E-state index in [1.807, 2.05) is 66.0 Å². The summed E-state index contributed by atoms with van der Waals surface area (Å²) in [6.07, 6.45) is 2.25. The first kappa shape index (κ1) is 23.4. The standard InChI is InChI=1S/C27H28N4O3S/c1-31(16-23-29-22-13-14-35-25(22)26(33)30-23)27(34)19-9-7-17(8-10-19)15-20-11-12-21(28-20)24(32)18-5-3-2-4-6-18/h2-10,13-14,20-21,24,28,32H,11-12,15-16H2,1H3,(H,29,30,33). The molecule has 3 N–H and O–H groups in total. The summed E-state index contributed by atoms with van der Waals surface area (Å²) in [5.41, 5.74) is 3.15. The molecule has 4 aromatic rings. The highest BCUT2D eigenvalue weighted by molar-refractivity contribution is 7.17. The van der Waals surface area contributed by atoms with Crippen LogP contribution in [0.25, 0.3) is 10.2 Å². The van der Waals surface area contributed by atoms with E-state index < -0.39 is 6.10 Å². The summed E-state index contributed by atoms with van der Waals surface area (Å²) in [6, 6.07) is 19.6. The maximum atomic E-state index is 12.9. The molecule has 8 heteroatoms. The van der Waals surface area contributed by atoms with Gasteiger partial charge in [-0.1, -0.05) is 42.5 Å². The van der Waals surface area contributed by atoms with Gasteiger partial charge in [0.1, 0.15) is 10.5 Å². The molecule has 1 saturated heterocycles. The zero-order valence-electron chi connectivity index (χ0n) is 19.5. The molecule has 5 rings (SSSR count). The summed E-state index contributed by atoms with van der Waals surface area (Å²) < 4.78 is 0.593. The molecule has 2 aromatic heterocycles. The van der Waals surface area contributed by atoms with E-state index in [9.17, 15) is 14.7 Å². The second-order valence-corrected chi connectivity index (χ2v) is 10.0. The number of thiophene rings is 1. The van der Waals surface area contributed by atoms with Gasteiger partial charge in [0.2, 0.25) is 0 Å². The minimum absolute atomic E-state index is 0.0465. The number of amides is 1. The number of rotatable bonds is 7. The maximum Gasteiger partial charge on any atom is 0.268 e. The molecule has 1 aliphatic heterocycles. The number of carbonyl (C=O) groups excluding carboxylic acids is 1. The fourth-order valence-electron chi connectivity index (χ4n) is 4.72. The maximum absolute atomic E-state index is 12.9. The van der Waals surface area contributed by atoms with Crippen molar-refractivity contribution in [2.45, 2.75) is 44.0 Å². The van der Waals surface area contributed by atoms with Gasteiger partial charge in [-0.05, 0) is 54.0 Å². The van der Waals surface area contributed by atoms with Crippen LogP contribution in [-0.2, 0) is 13.0 Å². The normalized spacial score (nSPS) is 18.6. The molecule has 2 aromatic carbocycles. The Morgan fingerprint density at radius 3 is 2.69 bits per heavy atom. The van der Waals surface area contributed by atoms with Crippen molar-refractivity contribution in [1.82, 2.24) is 20.2 Å². The van der Waals surface area contributed by atoms with Gasteiger partial charge in [0.15, 0.2) is 0 Å². The monoisotopic (exact) mass is 488 g/mol. The van der Waals surface area contributed by atoms with Crippen LogP contribution < -0.4 is 10.9 Å². The molecule has 3 unspecified atom stereocenters. The number of benzene rings is 2. The molecule has 0 radical (unpaired) electrons. The molecule has 0 aliphatic carbocycles. The zero-order chi connectivity index (χ0) is 24.4. The SMILES string of the molecule is CN(Cc1nc2ccsc2c(=O)[nH]1)C(=O)c1ccc(CC2CCC(C(O)c3ccccc3)N2)cc1. The molecule has 0 bridgehead atoms. The molecule has 1 fully saturated rings. The lowest BCUT2D eigenvalue weighted by atomic mass is 10.0. The van der Waals surface area contributed by atoms with Crippen LogP contribution in [0.15, 0.2) is 70.8 Å². The van der Waals surface area contributed by atoms with Crippen molar-refractivity contribution in [1.29, 1.82) is 0 Å². The highest BCUT2D eigenvalue weighted by atomic mass is 32.1. The van der Waals surface area contributed by atoms with Crippen LogP contribution in [0, 0.1) is 0 Å². The van der Waals surface area contributed by atoms with E-state index in [1.54, 1.807) is 11.9 Å². The third kappa shape index (κ3) is 5.19. The number of nitrogens with one attached hydrogen (secondary N) is 2. The van der Waals surface area contributed by atoms with Gasteiger partial charge in [0, 0.05) is 24.7 Å². The quantitative estimate of drug-likeness (QED) is 0.369. The molecule has 35 heavy (non-hydrogen) atoms. The Morgan fingerprint density at radius 2 is 1.91 bits per heavy atom. The van der Waals surface area contributed by atoms with Crippen molar-refractivity contribution in [3.8, 4) is 0 Å². The number of hydrogen-bond acceptors (Lipinski definition) is 6. The van der Waals surface area contributed by atoms with E-state index in [1.165, 1.54) is 11.3 Å². The van der Waals surface area contributed by atoms with Crippen LogP contribution in [-0.4, -0.2) is 45.0 Å². The Kier molecular flexibility index (Phi) is 6.77. The van der Waals surface area contributed by atoms with Gasteiger partial charge < -0.3 is 20.3 Å². The molecule has 0 spiro atoms. The predicted molar refractivity (Wildman–Crippen MR) is 138 cm³/mol. The zero-order valence-corrected chi connectivity index (χ0v) is 20.3. The molecule has 3 heterocycles. The minimum atomic E-state index is -0.512. The number of aromatic amines is 1. The van der Waals surface area contributed by atoms with Gasteiger partial charge in [-0.25, -0.2) is 4.98 Å². The van der Waals surface area contributed by atoms with Crippen LogP contribution in [0.4, 0.5) is 0 Å². The van der Waals surface area contributed by atoms with Crippen molar-refractivity contribution in [2.75, 3.05) is 7.05 Å². The van der Waals surface area contributed by atoms with Gasteiger partial charge in [0.05, 0.1) is 18.2 Å². The van der Waals surface area contributed by atoms with Gasteiger partial charge in [-0.2, -0.15) is 0 Å². The van der Waals surface area contributed by atoms with Gasteiger partial charge in [0.25, 0.3) is 11.5 Å². The lowest BCUT2D eigenvalue weighted by Crippen LogP contribution is -2.35. The summed E-state index contributed by atoms with van der Waals surface area (Å²) >= 11 is 1.35. The number of hydrogen-bond donors (Lipinski definition) is 3. The van der Waals surface area contributed by atoms with E-state index in [4.69, 9.17) is 0 Å². The van der Waals surface area contributed by atoms with E-state index in [2.05, 4.69) is 15.3 Å². The van der Waals surface area contributed by atoms with Crippen molar-refractivity contribution in [3.63, 3.8) is 0 Å². The Labute approximate surface area is 207 Å². The third-order valence-electron chi connectivity index (χ3n) is 6.58. The van der Waals surface area contributed by atoms with Crippen molar-refractivity contribution in [3.05, 3.63) is 98.9 Å². The molecule has 7 nitrogen and oxygen atoms in total. The lowest BCUT2D eigenvalue weighted by molar-refractivity contribution is 0.0781. The number of nitrogens with zero attached hydrogens (tertiary/aromatic N) is 2. The number of carbonyl (C=O) groups is 1. The number of aliphatic hydroxyl groups excluding tert-OH is 1. The Balaban J connectivity index is 1.17. The number of aliphatic hydroxyl groups is 1. The second-order valence-electron chi connectivity index (χ2n) is 9.11. The lowest BCUT2D eigenvalue weighted by Gasteiger charge is -2.20. The van der Waals surface area contributed by atoms with Crippen LogP contribution in [0.1, 0.15) is 46.3 Å². The van der Waals surface area contributed by atoms with Crippen LogP contribution in [0.5, 0.6) is 0 Å². The fraction of sp³-hybridized carbons (Fsp3) is 0.296. The Hall–Kier alpha value is -3.33. The summed E-state index contributed by atoms with van der Waals surface area (Å²) in [4.78, 5) is 33.9. The number of aromatic nitrogens is 2. The largest absolute Gasteiger partial charge is 0.387 e. The minimum Gasteiger partial charge on any atom is -0.387 e. The second kappa shape index (κ2) is 10.1. The summed E-state index contributed by atoms with van der Waals surface area (Å²) in [5.74, 6) is 0.336. The first-order valence-corrected chi connectivity index (χ1v) is 12.7. The molecule has 1 aliphatic rings. The highest BCUT2D eigenvalue weighted by Crippen LogP contribution is 2.26. The molecular formula is C27H28N4O3S. The van der Waals surface area contributed by atoms with Crippen LogP contribution >= 0.6 is 11.3 Å². The summed E-state index contributed by atoms with van der Waals surface area (Å²) in [6.45, 7) is 0.221. The van der Waals surface area contributed by atoms with Crippen LogP contribution in [0.2, 0.25) is 0 Å². The number of H-pyrrole nitrogens is 1. The van der Waals surface area contributed by atoms with E-state index in [0.29, 0.717) is 21.6 Å². The first-order chi connectivity index (χ1) is 17.0. The van der Waals surface area contributed by atoms with Crippen molar-refractivity contribution in [2.24, 2.45) is 0 Å². The van der Waals surface area contributed by atoms with Crippen LogP contribution in [0.3, 0.4) is 0 Å². The smallest absolute Gasteiger partial charge is 0.268 e. The topological polar surface area (TPSA) is 98.3 Å². The predicted octanol–water partition coefficient (Wildman–Crippen LogP) is 3.65. The molecule has 1 amide bonds. The van der Waals surface area contributed by atoms with Gasteiger partial charge in [-0.3, -0.25) is 9.59 Å². The highest BCUT2D eigenvalue weighted by Gasteiger charge is 2.29. The van der Waals surface area contributed by atoms with E-state index >= 15 is 0 Å². The summed E-state index contributed by atoms with van der Waals surface area (Å²) in [7, 11) is 1.70. The number of fused-ring (bicyclic) bond motifs is 1. The average Bonchev–Trinajstić information content (AvgIpc) is 3.54. The molecule has 0 saturated carbocycles. The average molecular weight is 489 g/mol. The first-order valence-electron chi connectivity index (χ1n) is 11.8. The molecule has 3 atom stereocenters. The third-order valence-corrected chi connectivity index (χ3v) is 7.48. The fourth-order valence-corrected chi connectivity index (χ4v) is 5.45.